The Morgan fingerprint density at radius 3 is 0.748 bits per heavy atom. The Bertz CT molecular complexity index is 2530. The summed E-state index contributed by atoms with van der Waals surface area (Å²) in [5.41, 5.74) is 0. The van der Waals surface area contributed by atoms with Crippen molar-refractivity contribution in [2.24, 2.45) is 0 Å². The Morgan fingerprint density at radius 1 is 0.280 bits per heavy atom. The molecule has 0 bridgehead atoms. The summed E-state index contributed by atoms with van der Waals surface area (Å²) >= 11 is 0. The highest BCUT2D eigenvalue weighted by Crippen LogP contribution is 2.18. The van der Waals surface area contributed by atoms with Crippen LogP contribution in [0.1, 0.15) is 335 Å². The first-order valence-corrected chi connectivity index (χ1v) is 43.2. The fourth-order valence-electron chi connectivity index (χ4n) is 11.5. The van der Waals surface area contributed by atoms with Crippen LogP contribution in [-0.2, 0) is 33.3 Å². The zero-order chi connectivity index (χ0) is 77.4. The van der Waals surface area contributed by atoms with Crippen LogP contribution in [0.4, 0.5) is 0 Å². The highest BCUT2D eigenvalue weighted by Gasteiger charge is 2.22. The van der Waals surface area contributed by atoms with E-state index in [-0.39, 0.29) is 38.6 Å². The van der Waals surface area contributed by atoms with Crippen LogP contribution in [-0.4, -0.2) is 82.3 Å². The topological polar surface area (TPSA) is 111 Å². The molecule has 604 valence electrons. The SMILES string of the molecule is CC/C=C\C/C=C\C/C=C\C/C=C\C/C=C\C/C=C\C/C=C\C/C=C\C/C=C\C/C=C\C/C=C\CCCCCCCCCC(=O)OC(COC(=O)CCCCCCCCCCCCCCCCCCCCCCCC/C=C\C/C=C\C/C=C\C/C=C\C/C=C\C/C=C\CC)COC(OCC[N+](C)(C)C)C(=O)[O-]. The van der Waals surface area contributed by atoms with Gasteiger partial charge in [-0.1, -0.05) is 381 Å². The number of carboxylic acids is 1. The number of esters is 2. The van der Waals surface area contributed by atoms with Gasteiger partial charge in [-0.25, -0.2) is 0 Å². The molecule has 107 heavy (non-hydrogen) atoms. The van der Waals surface area contributed by atoms with Gasteiger partial charge in [0.25, 0.3) is 0 Å². The van der Waals surface area contributed by atoms with E-state index in [2.05, 4.69) is 220 Å². The van der Waals surface area contributed by atoms with Crippen LogP contribution in [0.2, 0.25) is 0 Å². The largest absolute Gasteiger partial charge is 0.545 e. The van der Waals surface area contributed by atoms with Crippen LogP contribution < -0.4 is 5.11 Å². The molecular formula is C98H159NO8. The molecule has 0 heterocycles. The lowest BCUT2D eigenvalue weighted by Gasteiger charge is -2.26. The number of rotatable bonds is 78. The van der Waals surface area contributed by atoms with Crippen molar-refractivity contribution >= 4 is 17.9 Å². The van der Waals surface area contributed by atoms with Gasteiger partial charge in [-0.3, -0.25) is 9.59 Å². The number of carbonyl (C=O) groups excluding carboxylic acids is 3. The molecule has 0 aliphatic carbocycles. The molecule has 0 spiro atoms. The number of carboxylic acid groups (broad SMARTS) is 1. The normalized spacial score (nSPS) is 13.7. The molecule has 0 amide bonds. The van der Waals surface area contributed by atoms with Gasteiger partial charge >= 0.3 is 11.9 Å². The number of quaternary nitrogens is 1. The molecule has 0 saturated carbocycles. The number of hydrogen-bond donors (Lipinski definition) is 0. The molecule has 0 radical (unpaired) electrons. The first-order valence-electron chi connectivity index (χ1n) is 43.2. The standard InChI is InChI=1S/C98H159NO8/c1-6-8-10-12-14-16-18-20-22-24-26-28-30-32-34-36-38-40-42-44-46-48-50-52-54-56-58-60-62-64-66-68-70-72-74-76-78-80-82-84-86-88-95(100)105-92-94(93-106-98(97(102)103)104-91-90-99(3,4)5)107-96(101)89-87-85-83-81-79-77-75-73-71-69-67-65-63-61-59-57-55-53-51-49-47-45-43-41-39-37-35-33-31-29-27-25-23-21-19-17-15-13-11-9-7-2/h8-11,14-17,20-23,26-29,32-35,38-41,45,47,51,53,57,59,63,65,69,71,94,98H,6-7,12-13,18-19,24-25,30-31,36-37,42-44,46,48-50,52,54-56,58,60-62,64,66-68,70,72-93H2,1-5H3/b10-8-,11-9-,16-14-,17-15-,22-20-,23-21-,28-26-,29-27-,34-32-,35-33-,40-38-,41-39-,47-45-,53-51-,59-57-,65-63-,71-69-. The molecule has 0 fully saturated rings. The smallest absolute Gasteiger partial charge is 0.306 e. The average molecular weight is 1480 g/mol. The molecule has 0 aromatic carbocycles. The number of ether oxygens (including phenoxy) is 4. The predicted molar refractivity (Wildman–Crippen MR) is 462 cm³/mol. The highest BCUT2D eigenvalue weighted by molar-refractivity contribution is 5.70. The third-order valence-electron chi connectivity index (χ3n) is 18.0. The van der Waals surface area contributed by atoms with E-state index in [0.717, 1.165) is 154 Å². The van der Waals surface area contributed by atoms with Crippen LogP contribution in [0.5, 0.6) is 0 Å². The summed E-state index contributed by atoms with van der Waals surface area (Å²) in [5, 5.41) is 11.9. The van der Waals surface area contributed by atoms with Crippen molar-refractivity contribution in [2.75, 3.05) is 47.5 Å². The number of aliphatic carboxylic acids is 1. The van der Waals surface area contributed by atoms with Gasteiger partial charge in [-0.15, -0.1) is 0 Å². The summed E-state index contributed by atoms with van der Waals surface area (Å²) in [6.45, 7) is 4.51. The van der Waals surface area contributed by atoms with E-state index < -0.39 is 24.3 Å². The van der Waals surface area contributed by atoms with Gasteiger partial charge in [0.15, 0.2) is 12.4 Å². The number of carbonyl (C=O) groups is 3. The maximum Gasteiger partial charge on any atom is 0.306 e. The summed E-state index contributed by atoms with van der Waals surface area (Å²) in [6, 6.07) is 0. The lowest BCUT2D eigenvalue weighted by atomic mass is 10.0. The minimum atomic E-state index is -1.64. The average Bonchev–Trinajstić information content (AvgIpc) is 0.965. The Kier molecular flexibility index (Phi) is 80.6. The van der Waals surface area contributed by atoms with Crippen LogP contribution in [0.25, 0.3) is 0 Å². The van der Waals surface area contributed by atoms with Gasteiger partial charge in [0.05, 0.1) is 40.3 Å². The van der Waals surface area contributed by atoms with E-state index >= 15 is 0 Å². The summed E-state index contributed by atoms with van der Waals surface area (Å²) in [4.78, 5) is 37.7. The maximum atomic E-state index is 13.0. The van der Waals surface area contributed by atoms with E-state index in [9.17, 15) is 19.5 Å². The maximum absolute atomic E-state index is 13.0. The summed E-state index contributed by atoms with van der Waals surface area (Å²) in [7, 11) is 5.93. The minimum absolute atomic E-state index is 0.138. The number of allylic oxidation sites excluding steroid dienone is 34. The number of likely N-dealkylation sites (N-methyl/N-ethyl adjacent to an activating group) is 1. The van der Waals surface area contributed by atoms with Crippen molar-refractivity contribution in [1.82, 2.24) is 0 Å². The van der Waals surface area contributed by atoms with E-state index in [1.807, 2.05) is 21.1 Å². The van der Waals surface area contributed by atoms with Gasteiger partial charge in [-0.05, 0) is 148 Å². The first-order chi connectivity index (χ1) is 52.6. The summed E-state index contributed by atoms with van der Waals surface area (Å²) in [6.07, 6.45) is 130. The van der Waals surface area contributed by atoms with Gasteiger partial charge in [0, 0.05) is 12.8 Å². The fourth-order valence-corrected chi connectivity index (χ4v) is 11.5. The van der Waals surface area contributed by atoms with E-state index in [4.69, 9.17) is 18.9 Å². The Labute approximate surface area is 658 Å². The molecule has 0 aliphatic rings. The zero-order valence-corrected chi connectivity index (χ0v) is 69.2. The molecule has 0 aliphatic heterocycles. The number of hydrogen-bond acceptors (Lipinski definition) is 8. The molecule has 0 aromatic heterocycles. The minimum Gasteiger partial charge on any atom is -0.545 e. The van der Waals surface area contributed by atoms with Crippen LogP contribution >= 0.6 is 0 Å². The lowest BCUT2D eigenvalue weighted by molar-refractivity contribution is -0.870. The number of unbranched alkanes of at least 4 members (excludes halogenated alkanes) is 29. The van der Waals surface area contributed by atoms with Crippen molar-refractivity contribution < 1.29 is 42.9 Å². The lowest BCUT2D eigenvalue weighted by Crippen LogP contribution is -2.44. The molecule has 9 heteroatoms. The van der Waals surface area contributed by atoms with Gasteiger partial charge in [-0.2, -0.15) is 0 Å². The van der Waals surface area contributed by atoms with Gasteiger partial charge in [0.2, 0.25) is 0 Å². The summed E-state index contributed by atoms with van der Waals surface area (Å²) in [5.74, 6) is -2.30. The van der Waals surface area contributed by atoms with Gasteiger partial charge in [0.1, 0.15) is 13.2 Å². The van der Waals surface area contributed by atoms with E-state index in [0.29, 0.717) is 17.4 Å². The molecule has 9 nitrogen and oxygen atoms in total. The predicted octanol–water partition coefficient (Wildman–Crippen LogP) is 27.3. The Hall–Kier alpha value is -6.13. The third-order valence-corrected chi connectivity index (χ3v) is 18.0. The molecule has 0 N–H and O–H groups in total. The second-order valence-corrected chi connectivity index (χ2v) is 29.4. The van der Waals surface area contributed by atoms with E-state index in [1.54, 1.807) is 0 Å². The highest BCUT2D eigenvalue weighted by atomic mass is 16.7. The zero-order valence-electron chi connectivity index (χ0n) is 69.2. The van der Waals surface area contributed by atoms with Crippen molar-refractivity contribution in [3.8, 4) is 0 Å². The molecule has 0 saturated heterocycles. The second kappa shape index (κ2) is 85.5. The Balaban J connectivity index is 4.07. The van der Waals surface area contributed by atoms with Gasteiger partial charge < -0.3 is 33.3 Å². The third kappa shape index (κ3) is 87.0. The molecule has 2 atom stereocenters. The second-order valence-electron chi connectivity index (χ2n) is 29.4. The first kappa shape index (κ1) is 101. The molecule has 0 aromatic rings. The van der Waals surface area contributed by atoms with E-state index in [1.165, 1.54) is 148 Å². The summed E-state index contributed by atoms with van der Waals surface area (Å²) < 4.78 is 22.9. The quantitative estimate of drug-likeness (QED) is 0.0195. The number of nitrogens with zero attached hydrogens (tertiary/aromatic N) is 1. The van der Waals surface area contributed by atoms with Crippen molar-refractivity contribution in [1.29, 1.82) is 0 Å². The van der Waals surface area contributed by atoms with Crippen LogP contribution in [0.15, 0.2) is 207 Å². The van der Waals surface area contributed by atoms with Crippen molar-refractivity contribution in [3.05, 3.63) is 207 Å². The van der Waals surface area contributed by atoms with Crippen LogP contribution in [0, 0.1) is 0 Å². The monoisotopic (exact) mass is 1480 g/mol. The van der Waals surface area contributed by atoms with Crippen LogP contribution in [0.3, 0.4) is 0 Å². The molecule has 0 rings (SSSR count). The molecular weight excluding hydrogens is 1320 g/mol. The molecule has 2 unspecified atom stereocenters. The fraction of sp³-hybridized carbons (Fsp3) is 0.622. The van der Waals surface area contributed by atoms with Crippen molar-refractivity contribution in [2.45, 2.75) is 347 Å². The Morgan fingerprint density at radius 2 is 0.505 bits per heavy atom. The van der Waals surface area contributed by atoms with Crippen molar-refractivity contribution in [3.63, 3.8) is 0 Å².